The topological polar surface area (TPSA) is 76.1 Å². The van der Waals surface area contributed by atoms with E-state index in [1.165, 1.54) is 28.7 Å². The molecule has 0 aliphatic carbocycles. The molecule has 0 atom stereocenters. The van der Waals surface area contributed by atoms with Gasteiger partial charge in [0.1, 0.15) is 0 Å². The summed E-state index contributed by atoms with van der Waals surface area (Å²) >= 11 is 2.82. The van der Waals surface area contributed by atoms with Crippen LogP contribution in [0.2, 0.25) is 0 Å². The summed E-state index contributed by atoms with van der Waals surface area (Å²) in [5.41, 5.74) is 4.24. The number of ether oxygens (including phenoxy) is 1. The maximum absolute atomic E-state index is 12.2. The molecular weight excluding hydrogens is 344 g/mol. The van der Waals surface area contributed by atoms with Crippen molar-refractivity contribution in [2.45, 2.75) is 25.1 Å². The van der Waals surface area contributed by atoms with Gasteiger partial charge in [0.05, 0.1) is 12.4 Å². The van der Waals surface area contributed by atoms with Crippen molar-refractivity contribution in [3.8, 4) is 0 Å². The number of nitrogens with zero attached hydrogens (tertiary/aromatic N) is 2. The molecule has 0 saturated carbocycles. The van der Waals surface area contributed by atoms with Gasteiger partial charge in [-0.1, -0.05) is 40.8 Å². The number of benzene rings is 1. The number of carbonyl (C=O) groups excluding carboxylic acids is 1. The molecule has 0 unspecified atom stereocenters. The van der Waals surface area contributed by atoms with E-state index in [0.717, 1.165) is 26.3 Å². The van der Waals surface area contributed by atoms with Gasteiger partial charge in [-0.3, -0.25) is 4.79 Å². The highest BCUT2D eigenvalue weighted by Crippen LogP contribution is 2.26. The Labute approximate surface area is 150 Å². The fraction of sp³-hybridized carbons (Fsp3) is 0.438. The Kier molecular flexibility index (Phi) is 7.01. The SMILES string of the molecule is COCCNc1nnc(SCC(=O)Nc2c(C)cc(C)cc2C)s1. The summed E-state index contributed by atoms with van der Waals surface area (Å²) in [6, 6.07) is 4.14. The Morgan fingerprint density at radius 2 is 1.96 bits per heavy atom. The van der Waals surface area contributed by atoms with E-state index in [4.69, 9.17) is 4.74 Å². The lowest BCUT2D eigenvalue weighted by atomic mass is 10.1. The van der Waals surface area contributed by atoms with Crippen molar-refractivity contribution in [2.24, 2.45) is 0 Å². The van der Waals surface area contributed by atoms with Gasteiger partial charge in [0, 0.05) is 19.3 Å². The molecule has 0 bridgehead atoms. The van der Waals surface area contributed by atoms with E-state index in [0.29, 0.717) is 18.9 Å². The first-order chi connectivity index (χ1) is 11.5. The molecule has 1 aromatic heterocycles. The predicted molar refractivity (Wildman–Crippen MR) is 100 cm³/mol. The summed E-state index contributed by atoms with van der Waals surface area (Å²) in [6.45, 7) is 7.36. The lowest BCUT2D eigenvalue weighted by Crippen LogP contribution is -2.15. The molecule has 8 heteroatoms. The van der Waals surface area contributed by atoms with E-state index < -0.39 is 0 Å². The van der Waals surface area contributed by atoms with Crippen molar-refractivity contribution in [1.82, 2.24) is 10.2 Å². The Morgan fingerprint density at radius 1 is 1.25 bits per heavy atom. The highest BCUT2D eigenvalue weighted by atomic mass is 32.2. The summed E-state index contributed by atoms with van der Waals surface area (Å²) in [7, 11) is 1.65. The first-order valence-electron chi connectivity index (χ1n) is 7.56. The Morgan fingerprint density at radius 3 is 2.62 bits per heavy atom. The van der Waals surface area contributed by atoms with Gasteiger partial charge in [0.2, 0.25) is 11.0 Å². The number of nitrogens with one attached hydrogen (secondary N) is 2. The van der Waals surface area contributed by atoms with Gasteiger partial charge in [-0.25, -0.2) is 0 Å². The average molecular weight is 367 g/mol. The molecule has 0 saturated heterocycles. The van der Waals surface area contributed by atoms with Gasteiger partial charge in [0.15, 0.2) is 4.34 Å². The molecular formula is C16H22N4O2S2. The minimum absolute atomic E-state index is 0.0425. The molecule has 130 valence electrons. The van der Waals surface area contributed by atoms with Gasteiger partial charge in [-0.15, -0.1) is 10.2 Å². The molecule has 2 rings (SSSR count). The van der Waals surface area contributed by atoms with E-state index in [-0.39, 0.29) is 5.91 Å². The van der Waals surface area contributed by atoms with Crippen molar-refractivity contribution < 1.29 is 9.53 Å². The summed E-state index contributed by atoms with van der Waals surface area (Å²) in [5.74, 6) is 0.263. The van der Waals surface area contributed by atoms with Gasteiger partial charge >= 0.3 is 0 Å². The molecule has 0 aliphatic heterocycles. The number of hydrogen-bond donors (Lipinski definition) is 2. The van der Waals surface area contributed by atoms with Crippen LogP contribution in [0.5, 0.6) is 0 Å². The molecule has 0 fully saturated rings. The standard InChI is InChI=1S/C16H22N4O2S2/c1-10-7-11(2)14(12(3)8-10)18-13(21)9-23-16-20-19-15(24-16)17-5-6-22-4/h7-8H,5-6,9H2,1-4H3,(H,17,19)(H,18,21). The van der Waals surface area contributed by atoms with E-state index in [9.17, 15) is 4.79 Å². The van der Waals surface area contributed by atoms with Crippen molar-refractivity contribution in [1.29, 1.82) is 0 Å². The molecule has 6 nitrogen and oxygen atoms in total. The van der Waals surface area contributed by atoms with Crippen LogP contribution < -0.4 is 10.6 Å². The molecule has 24 heavy (non-hydrogen) atoms. The summed E-state index contributed by atoms with van der Waals surface area (Å²) < 4.78 is 5.73. The molecule has 0 aliphatic rings. The third kappa shape index (κ3) is 5.47. The summed E-state index contributed by atoms with van der Waals surface area (Å²) in [4.78, 5) is 12.2. The van der Waals surface area contributed by atoms with Gasteiger partial charge in [-0.05, 0) is 31.9 Å². The number of hydrogen-bond acceptors (Lipinski definition) is 7. The van der Waals surface area contributed by atoms with E-state index in [2.05, 4.69) is 39.9 Å². The quantitative estimate of drug-likeness (QED) is 0.552. The molecule has 1 amide bonds. The number of amides is 1. The van der Waals surface area contributed by atoms with Crippen LogP contribution in [0.25, 0.3) is 0 Å². The number of methoxy groups -OCH3 is 1. The zero-order chi connectivity index (χ0) is 17.5. The van der Waals surface area contributed by atoms with Crippen LogP contribution in [0.1, 0.15) is 16.7 Å². The second kappa shape index (κ2) is 9.00. The van der Waals surface area contributed by atoms with Crippen molar-refractivity contribution in [2.75, 3.05) is 36.6 Å². The molecule has 2 N–H and O–H groups in total. The predicted octanol–water partition coefficient (Wildman–Crippen LogP) is 3.25. The second-order valence-corrected chi connectivity index (χ2v) is 7.60. The van der Waals surface area contributed by atoms with Crippen LogP contribution in [-0.2, 0) is 9.53 Å². The van der Waals surface area contributed by atoms with Crippen LogP contribution in [0.4, 0.5) is 10.8 Å². The normalized spacial score (nSPS) is 10.7. The van der Waals surface area contributed by atoms with Crippen LogP contribution in [0.3, 0.4) is 0 Å². The monoisotopic (exact) mass is 366 g/mol. The van der Waals surface area contributed by atoms with E-state index in [1.807, 2.05) is 13.8 Å². The number of aryl methyl sites for hydroxylation is 3. The molecule has 1 heterocycles. The Balaban J connectivity index is 1.85. The minimum Gasteiger partial charge on any atom is -0.383 e. The Hall–Kier alpha value is -1.64. The van der Waals surface area contributed by atoms with Gasteiger partial charge in [0.25, 0.3) is 0 Å². The van der Waals surface area contributed by atoms with Crippen LogP contribution in [-0.4, -0.2) is 42.1 Å². The Bertz CT molecular complexity index is 680. The fourth-order valence-electron chi connectivity index (χ4n) is 2.28. The van der Waals surface area contributed by atoms with Crippen molar-refractivity contribution in [3.05, 3.63) is 28.8 Å². The van der Waals surface area contributed by atoms with Crippen molar-refractivity contribution in [3.63, 3.8) is 0 Å². The largest absolute Gasteiger partial charge is 0.383 e. The van der Waals surface area contributed by atoms with Gasteiger partial charge in [-0.2, -0.15) is 0 Å². The zero-order valence-corrected chi connectivity index (χ0v) is 15.9. The van der Waals surface area contributed by atoms with Crippen LogP contribution in [0, 0.1) is 20.8 Å². The minimum atomic E-state index is -0.0425. The molecule has 1 aromatic carbocycles. The number of anilines is 2. The summed E-state index contributed by atoms with van der Waals surface area (Å²) in [6.07, 6.45) is 0. The lowest BCUT2D eigenvalue weighted by Gasteiger charge is -2.12. The number of thioether (sulfide) groups is 1. The maximum atomic E-state index is 12.2. The van der Waals surface area contributed by atoms with Gasteiger partial charge < -0.3 is 15.4 Å². The third-order valence-corrected chi connectivity index (χ3v) is 5.27. The van der Waals surface area contributed by atoms with Crippen LogP contribution >= 0.6 is 23.1 Å². The van der Waals surface area contributed by atoms with E-state index >= 15 is 0 Å². The maximum Gasteiger partial charge on any atom is 0.234 e. The highest BCUT2D eigenvalue weighted by Gasteiger charge is 2.11. The smallest absolute Gasteiger partial charge is 0.234 e. The highest BCUT2D eigenvalue weighted by molar-refractivity contribution is 8.01. The lowest BCUT2D eigenvalue weighted by molar-refractivity contribution is -0.113. The summed E-state index contributed by atoms with van der Waals surface area (Å²) in [5, 5.41) is 15.0. The number of aromatic nitrogens is 2. The third-order valence-electron chi connectivity index (χ3n) is 3.26. The first kappa shape index (κ1) is 18.7. The average Bonchev–Trinajstić information content (AvgIpc) is 2.97. The fourth-order valence-corrected chi connectivity index (χ4v) is 3.86. The molecule has 0 radical (unpaired) electrons. The molecule has 0 spiro atoms. The van der Waals surface area contributed by atoms with E-state index in [1.54, 1.807) is 7.11 Å². The van der Waals surface area contributed by atoms with Crippen LogP contribution in [0.15, 0.2) is 16.5 Å². The number of rotatable bonds is 8. The number of carbonyl (C=O) groups is 1. The molecule has 2 aromatic rings. The van der Waals surface area contributed by atoms with Crippen molar-refractivity contribution >= 4 is 39.8 Å². The first-order valence-corrected chi connectivity index (χ1v) is 9.36. The zero-order valence-electron chi connectivity index (χ0n) is 14.3. The second-order valence-electron chi connectivity index (χ2n) is 5.40.